The number of hydrogen-bond acceptors (Lipinski definition) is 4. The van der Waals surface area contributed by atoms with E-state index in [1.54, 1.807) is 4.90 Å². The number of para-hydroxylation sites is 1. The second-order valence-electron chi connectivity index (χ2n) is 7.01. The molecular weight excluding hydrogens is 349 g/mol. The first-order chi connectivity index (χ1) is 12.9. The van der Waals surface area contributed by atoms with E-state index in [0.29, 0.717) is 19.6 Å². The molecule has 0 spiro atoms. The molecule has 3 heterocycles. The quantitative estimate of drug-likeness (QED) is 0.761. The highest BCUT2D eigenvalue weighted by atomic mass is 19.1. The Morgan fingerprint density at radius 3 is 2.93 bits per heavy atom. The lowest BCUT2D eigenvalue weighted by atomic mass is 10.1. The maximum absolute atomic E-state index is 13.8. The van der Waals surface area contributed by atoms with Crippen LogP contribution in [0, 0.1) is 5.82 Å². The number of amides is 1. The lowest BCUT2D eigenvalue weighted by Crippen LogP contribution is -2.40. The average molecular weight is 369 g/mol. The van der Waals surface area contributed by atoms with Crippen molar-refractivity contribution < 1.29 is 9.18 Å². The van der Waals surface area contributed by atoms with Gasteiger partial charge in [-0.1, -0.05) is 6.07 Å². The van der Waals surface area contributed by atoms with Crippen LogP contribution < -0.4 is 5.43 Å². The van der Waals surface area contributed by atoms with E-state index in [4.69, 9.17) is 0 Å². The molecule has 1 N–H and O–H groups in total. The number of pyridine rings is 1. The minimum absolute atomic E-state index is 0.0228. The highest BCUT2D eigenvalue weighted by Gasteiger charge is 2.25. The molecule has 0 saturated heterocycles. The molecule has 0 bridgehead atoms. The molecule has 0 atom stereocenters. The summed E-state index contributed by atoms with van der Waals surface area (Å²) < 4.78 is 15.7. The number of carbonyl (C=O) groups excluding carboxylic acids is 1. The van der Waals surface area contributed by atoms with Gasteiger partial charge in [0.2, 0.25) is 5.43 Å². The van der Waals surface area contributed by atoms with Crippen molar-refractivity contribution in [1.82, 2.24) is 24.6 Å². The number of aromatic nitrogens is 3. The molecule has 3 aromatic rings. The number of H-pyrrole nitrogens is 1. The Kier molecular flexibility index (Phi) is 4.27. The summed E-state index contributed by atoms with van der Waals surface area (Å²) in [5.41, 5.74) is 1.57. The Hall–Kier alpha value is -3.00. The van der Waals surface area contributed by atoms with Crippen LogP contribution in [0.3, 0.4) is 0 Å². The average Bonchev–Trinajstić information content (AvgIpc) is 3.02. The number of carbonyl (C=O) groups is 1. The van der Waals surface area contributed by atoms with Crippen molar-refractivity contribution in [2.45, 2.75) is 19.6 Å². The zero-order chi connectivity index (χ0) is 19.1. The second kappa shape index (κ2) is 6.62. The third kappa shape index (κ3) is 3.12. The molecule has 8 heteroatoms. The molecule has 27 heavy (non-hydrogen) atoms. The van der Waals surface area contributed by atoms with Gasteiger partial charge in [-0.05, 0) is 32.3 Å². The van der Waals surface area contributed by atoms with Gasteiger partial charge in [-0.25, -0.2) is 4.39 Å². The second-order valence-corrected chi connectivity index (χ2v) is 7.01. The Morgan fingerprint density at radius 2 is 2.15 bits per heavy atom. The fourth-order valence-electron chi connectivity index (χ4n) is 3.44. The van der Waals surface area contributed by atoms with Crippen LogP contribution in [0.25, 0.3) is 10.9 Å². The predicted molar refractivity (Wildman–Crippen MR) is 98.9 cm³/mol. The number of halogens is 1. The lowest BCUT2D eigenvalue weighted by molar-refractivity contribution is 0.0704. The number of aromatic amines is 1. The topological polar surface area (TPSA) is 74.2 Å². The molecule has 7 nitrogen and oxygen atoms in total. The van der Waals surface area contributed by atoms with Crippen LogP contribution in [0.4, 0.5) is 4.39 Å². The van der Waals surface area contributed by atoms with Gasteiger partial charge >= 0.3 is 0 Å². The van der Waals surface area contributed by atoms with E-state index in [0.717, 1.165) is 17.9 Å². The van der Waals surface area contributed by atoms with Crippen molar-refractivity contribution in [3.8, 4) is 0 Å². The normalized spacial score (nSPS) is 14.0. The van der Waals surface area contributed by atoms with E-state index in [1.165, 1.54) is 24.4 Å². The third-order valence-corrected chi connectivity index (χ3v) is 4.71. The summed E-state index contributed by atoms with van der Waals surface area (Å²) in [5.74, 6) is -0.872. The van der Waals surface area contributed by atoms with Crippen molar-refractivity contribution >= 4 is 16.8 Å². The Bertz CT molecular complexity index is 1090. The van der Waals surface area contributed by atoms with Crippen LogP contribution in [0.15, 0.2) is 35.3 Å². The number of nitrogens with zero attached hydrogens (tertiary/aromatic N) is 4. The molecule has 1 aliphatic heterocycles. The molecule has 1 aliphatic rings. The Balaban J connectivity index is 1.62. The fraction of sp³-hybridized carbons (Fsp3) is 0.316. The predicted octanol–water partition coefficient (Wildman–Crippen LogP) is 1.58. The number of benzene rings is 1. The van der Waals surface area contributed by atoms with Crippen LogP contribution in [-0.2, 0) is 19.6 Å². The van der Waals surface area contributed by atoms with E-state index in [2.05, 4.69) is 10.1 Å². The number of nitrogens with one attached hydrogen (secondary N) is 1. The van der Waals surface area contributed by atoms with Crippen LogP contribution in [0.1, 0.15) is 21.7 Å². The standard InChI is InChI=1S/C19H20FN5O2/c1-23(2)10-12-8-13-11-24(6-7-25(13)22-12)19(27)15-9-21-17-14(18(15)26)4-3-5-16(17)20/h3-5,8-9H,6-7,10-11H2,1-2H3,(H,21,26). The lowest BCUT2D eigenvalue weighted by Gasteiger charge is -2.27. The van der Waals surface area contributed by atoms with Gasteiger partial charge in [0.15, 0.2) is 0 Å². The Morgan fingerprint density at radius 1 is 1.33 bits per heavy atom. The van der Waals surface area contributed by atoms with E-state index in [-0.39, 0.29) is 22.4 Å². The largest absolute Gasteiger partial charge is 0.358 e. The molecule has 0 saturated carbocycles. The van der Waals surface area contributed by atoms with Gasteiger partial charge < -0.3 is 14.8 Å². The van der Waals surface area contributed by atoms with Crippen LogP contribution in [0.2, 0.25) is 0 Å². The SMILES string of the molecule is CN(C)Cc1cc2n(n1)CCN(C(=O)c1c[nH]c3c(F)cccc3c1=O)C2. The fourth-order valence-corrected chi connectivity index (χ4v) is 3.44. The number of rotatable bonds is 3. The molecule has 0 aliphatic carbocycles. The maximum Gasteiger partial charge on any atom is 0.259 e. The van der Waals surface area contributed by atoms with E-state index < -0.39 is 11.2 Å². The molecular formula is C19H20FN5O2. The van der Waals surface area contributed by atoms with E-state index in [1.807, 2.05) is 29.7 Å². The molecule has 1 amide bonds. The van der Waals surface area contributed by atoms with Crippen molar-refractivity contribution in [3.63, 3.8) is 0 Å². The molecule has 0 fully saturated rings. The van der Waals surface area contributed by atoms with Gasteiger partial charge in [-0.15, -0.1) is 0 Å². The van der Waals surface area contributed by atoms with Crippen molar-refractivity contribution in [2.75, 3.05) is 20.6 Å². The monoisotopic (exact) mass is 369 g/mol. The summed E-state index contributed by atoms with van der Waals surface area (Å²) in [4.78, 5) is 32.0. The minimum Gasteiger partial charge on any atom is -0.358 e. The first-order valence-electron chi connectivity index (χ1n) is 8.73. The third-order valence-electron chi connectivity index (χ3n) is 4.71. The van der Waals surface area contributed by atoms with Crippen LogP contribution in [-0.4, -0.2) is 51.1 Å². The summed E-state index contributed by atoms with van der Waals surface area (Å²) in [7, 11) is 3.95. The molecule has 1 aromatic carbocycles. The first-order valence-corrected chi connectivity index (χ1v) is 8.73. The van der Waals surface area contributed by atoms with Gasteiger partial charge in [-0.3, -0.25) is 14.3 Å². The minimum atomic E-state index is -0.515. The van der Waals surface area contributed by atoms with Crippen molar-refractivity contribution in [3.05, 3.63) is 63.5 Å². The number of hydrogen-bond donors (Lipinski definition) is 1. The number of fused-ring (bicyclic) bond motifs is 2. The highest BCUT2D eigenvalue weighted by Crippen LogP contribution is 2.17. The van der Waals surface area contributed by atoms with Gasteiger partial charge in [0.25, 0.3) is 5.91 Å². The van der Waals surface area contributed by atoms with E-state index in [9.17, 15) is 14.0 Å². The highest BCUT2D eigenvalue weighted by molar-refractivity contribution is 5.97. The molecule has 2 aromatic heterocycles. The van der Waals surface area contributed by atoms with E-state index >= 15 is 0 Å². The van der Waals surface area contributed by atoms with Gasteiger partial charge in [0.05, 0.1) is 30.0 Å². The summed E-state index contributed by atoms with van der Waals surface area (Å²) in [6.45, 7) is 2.16. The van der Waals surface area contributed by atoms with Crippen LogP contribution in [0.5, 0.6) is 0 Å². The first kappa shape index (κ1) is 17.4. The maximum atomic E-state index is 13.8. The van der Waals surface area contributed by atoms with Gasteiger partial charge in [0.1, 0.15) is 11.4 Å². The van der Waals surface area contributed by atoms with Crippen molar-refractivity contribution in [2.24, 2.45) is 0 Å². The summed E-state index contributed by atoms with van der Waals surface area (Å²) in [6.07, 6.45) is 1.31. The summed E-state index contributed by atoms with van der Waals surface area (Å²) >= 11 is 0. The molecule has 4 rings (SSSR count). The zero-order valence-corrected chi connectivity index (χ0v) is 15.2. The summed E-state index contributed by atoms with van der Waals surface area (Å²) in [5, 5.41) is 4.73. The Labute approximate surface area is 155 Å². The zero-order valence-electron chi connectivity index (χ0n) is 15.2. The molecule has 0 radical (unpaired) electrons. The van der Waals surface area contributed by atoms with Crippen LogP contribution >= 0.6 is 0 Å². The molecule has 140 valence electrons. The van der Waals surface area contributed by atoms with Gasteiger partial charge in [-0.2, -0.15) is 5.10 Å². The van der Waals surface area contributed by atoms with Gasteiger partial charge in [0, 0.05) is 24.7 Å². The molecule has 0 unspecified atom stereocenters. The smallest absolute Gasteiger partial charge is 0.259 e. The van der Waals surface area contributed by atoms with Crippen molar-refractivity contribution in [1.29, 1.82) is 0 Å². The summed E-state index contributed by atoms with van der Waals surface area (Å²) in [6, 6.07) is 6.25.